The Morgan fingerprint density at radius 3 is 2.61 bits per heavy atom. The van der Waals surface area contributed by atoms with Gasteiger partial charge in [-0.25, -0.2) is 4.98 Å². The molecule has 0 aliphatic rings. The lowest BCUT2D eigenvalue weighted by molar-refractivity contribution is -0.118. The van der Waals surface area contributed by atoms with Crippen molar-refractivity contribution in [3.63, 3.8) is 0 Å². The number of aromatic amines is 1. The first-order valence-electron chi connectivity index (χ1n) is 10.6. The van der Waals surface area contributed by atoms with Crippen LogP contribution in [-0.4, -0.2) is 43.7 Å². The minimum Gasteiger partial charge on any atom is -0.497 e. The molecule has 0 aliphatic carbocycles. The van der Waals surface area contributed by atoms with Crippen LogP contribution in [0.1, 0.15) is 22.5 Å². The summed E-state index contributed by atoms with van der Waals surface area (Å²) >= 11 is 1.29. The summed E-state index contributed by atoms with van der Waals surface area (Å²) in [5.41, 5.74) is 5.12. The quantitative estimate of drug-likeness (QED) is 0.368. The number of thioether (sulfide) groups is 1. The summed E-state index contributed by atoms with van der Waals surface area (Å²) in [6.07, 6.45) is 0. The van der Waals surface area contributed by atoms with Crippen LogP contribution in [-0.2, 0) is 17.9 Å². The van der Waals surface area contributed by atoms with Crippen LogP contribution < -0.4 is 10.1 Å². The minimum absolute atomic E-state index is 0.0783. The fourth-order valence-electron chi connectivity index (χ4n) is 3.46. The van der Waals surface area contributed by atoms with Gasteiger partial charge in [-0.2, -0.15) is 5.10 Å². The largest absolute Gasteiger partial charge is 0.497 e. The van der Waals surface area contributed by atoms with E-state index in [1.165, 1.54) is 17.3 Å². The fraction of sp³-hybridized carbons (Fsp3) is 0.250. The highest BCUT2D eigenvalue weighted by molar-refractivity contribution is 7.99. The maximum absolute atomic E-state index is 12.4. The summed E-state index contributed by atoms with van der Waals surface area (Å²) < 4.78 is 7.15. The van der Waals surface area contributed by atoms with Gasteiger partial charge in [0.2, 0.25) is 11.1 Å². The normalized spacial score (nSPS) is 10.9. The molecule has 0 bridgehead atoms. The Bertz CT molecular complexity index is 1220. The van der Waals surface area contributed by atoms with Crippen molar-refractivity contribution in [2.24, 2.45) is 0 Å². The van der Waals surface area contributed by atoms with E-state index in [1.54, 1.807) is 7.11 Å². The van der Waals surface area contributed by atoms with Crippen LogP contribution in [0, 0.1) is 13.8 Å². The molecule has 0 atom stereocenters. The van der Waals surface area contributed by atoms with Gasteiger partial charge in [0, 0.05) is 23.4 Å². The molecule has 8 nitrogen and oxygen atoms in total. The van der Waals surface area contributed by atoms with Crippen molar-refractivity contribution >= 4 is 17.7 Å². The first-order chi connectivity index (χ1) is 16.0. The molecule has 0 spiro atoms. The van der Waals surface area contributed by atoms with E-state index in [0.717, 1.165) is 28.3 Å². The number of carbonyl (C=O) groups is 1. The van der Waals surface area contributed by atoms with Gasteiger partial charge in [0.05, 0.1) is 25.1 Å². The van der Waals surface area contributed by atoms with E-state index in [0.29, 0.717) is 24.1 Å². The second kappa shape index (κ2) is 10.4. The number of aromatic nitrogens is 5. The molecule has 170 valence electrons. The summed E-state index contributed by atoms with van der Waals surface area (Å²) in [4.78, 5) is 16.9. The van der Waals surface area contributed by atoms with Crippen LogP contribution in [0.5, 0.6) is 5.75 Å². The highest BCUT2D eigenvalue weighted by atomic mass is 32.2. The number of H-pyrrole nitrogens is 1. The van der Waals surface area contributed by atoms with Crippen LogP contribution in [0.25, 0.3) is 11.4 Å². The van der Waals surface area contributed by atoms with Crippen molar-refractivity contribution in [2.45, 2.75) is 32.1 Å². The Morgan fingerprint density at radius 2 is 1.88 bits per heavy atom. The lowest BCUT2D eigenvalue weighted by Gasteiger charge is -2.07. The van der Waals surface area contributed by atoms with Gasteiger partial charge in [0.15, 0.2) is 5.82 Å². The number of carbonyl (C=O) groups excluding carboxylic acids is 1. The third-order valence-electron chi connectivity index (χ3n) is 5.33. The molecule has 0 saturated heterocycles. The second-order valence-corrected chi connectivity index (χ2v) is 8.50. The van der Waals surface area contributed by atoms with Crippen LogP contribution >= 0.6 is 11.8 Å². The van der Waals surface area contributed by atoms with Crippen LogP contribution in [0.3, 0.4) is 0 Å². The Balaban J connectivity index is 1.30. The molecule has 0 saturated carbocycles. The lowest BCUT2D eigenvalue weighted by Crippen LogP contribution is -2.25. The minimum atomic E-state index is -0.0783. The smallest absolute Gasteiger partial charge is 0.230 e. The van der Waals surface area contributed by atoms with E-state index in [9.17, 15) is 4.79 Å². The molecule has 9 heteroatoms. The molecule has 2 N–H and O–H groups in total. The molecule has 0 aliphatic heterocycles. The van der Waals surface area contributed by atoms with Crippen molar-refractivity contribution in [3.05, 3.63) is 77.1 Å². The molecule has 4 rings (SSSR count). The maximum atomic E-state index is 12.4. The van der Waals surface area contributed by atoms with Gasteiger partial charge in [-0.1, -0.05) is 42.1 Å². The number of aryl methyl sites for hydroxylation is 1. The predicted octanol–water partition coefficient (Wildman–Crippen LogP) is 3.75. The Kier molecular flexibility index (Phi) is 7.09. The lowest BCUT2D eigenvalue weighted by atomic mass is 10.2. The van der Waals surface area contributed by atoms with Crippen molar-refractivity contribution in [2.75, 3.05) is 12.9 Å². The number of benzene rings is 2. The molecule has 2 heterocycles. The summed E-state index contributed by atoms with van der Waals surface area (Å²) in [5, 5.41) is 15.3. The standard InChI is InChI=1S/C24H26N6O2S/c1-16-21(17(2)30(29-16)14-18-7-5-4-6-8-18)13-25-22(31)15-33-24-26-23(27-28-24)19-9-11-20(32-3)12-10-19/h4-12H,13-15H2,1-3H3,(H,25,31)(H,26,27,28). The van der Waals surface area contributed by atoms with Crippen molar-refractivity contribution < 1.29 is 9.53 Å². The van der Waals surface area contributed by atoms with Gasteiger partial charge < -0.3 is 10.1 Å². The fourth-order valence-corrected chi connectivity index (χ4v) is 4.09. The number of nitrogens with zero attached hydrogens (tertiary/aromatic N) is 4. The molecule has 2 aromatic heterocycles. The number of hydrogen-bond acceptors (Lipinski definition) is 6. The summed E-state index contributed by atoms with van der Waals surface area (Å²) in [6.45, 7) is 5.15. The van der Waals surface area contributed by atoms with Gasteiger partial charge >= 0.3 is 0 Å². The average Bonchev–Trinajstić information content (AvgIpc) is 3.41. The van der Waals surface area contributed by atoms with E-state index in [4.69, 9.17) is 4.74 Å². The van der Waals surface area contributed by atoms with Crippen LogP contribution in [0.4, 0.5) is 0 Å². The first kappa shape index (κ1) is 22.6. The topological polar surface area (TPSA) is 97.7 Å². The van der Waals surface area contributed by atoms with Crippen molar-refractivity contribution in [3.8, 4) is 17.1 Å². The Morgan fingerprint density at radius 1 is 1.12 bits per heavy atom. The molecule has 33 heavy (non-hydrogen) atoms. The molecular weight excluding hydrogens is 436 g/mol. The van der Waals surface area contributed by atoms with Crippen LogP contribution in [0.15, 0.2) is 59.8 Å². The zero-order chi connectivity index (χ0) is 23.2. The molecule has 4 aromatic rings. The van der Waals surface area contributed by atoms with Gasteiger partial charge in [0.1, 0.15) is 5.75 Å². The zero-order valence-corrected chi connectivity index (χ0v) is 19.6. The summed E-state index contributed by atoms with van der Waals surface area (Å²) in [7, 11) is 1.63. The molecule has 1 amide bonds. The zero-order valence-electron chi connectivity index (χ0n) is 18.8. The highest BCUT2D eigenvalue weighted by Gasteiger charge is 2.14. The average molecular weight is 463 g/mol. The van der Waals surface area contributed by atoms with Crippen molar-refractivity contribution in [1.82, 2.24) is 30.3 Å². The predicted molar refractivity (Wildman–Crippen MR) is 128 cm³/mol. The number of rotatable bonds is 9. The third kappa shape index (κ3) is 5.61. The Hall–Kier alpha value is -3.59. The van der Waals surface area contributed by atoms with E-state index in [2.05, 4.69) is 37.7 Å². The number of methoxy groups -OCH3 is 1. The SMILES string of the molecule is COc1ccc(-c2nc(SCC(=O)NCc3c(C)nn(Cc4ccccc4)c3C)n[nH]2)cc1. The Labute approximate surface area is 196 Å². The molecule has 0 radical (unpaired) electrons. The molecular formula is C24H26N6O2S. The van der Waals surface area contributed by atoms with Gasteiger partial charge in [-0.3, -0.25) is 14.6 Å². The monoisotopic (exact) mass is 462 g/mol. The molecule has 0 unspecified atom stereocenters. The van der Waals surface area contributed by atoms with E-state index in [-0.39, 0.29) is 11.7 Å². The first-order valence-corrected chi connectivity index (χ1v) is 11.5. The van der Waals surface area contributed by atoms with Crippen LogP contribution in [0.2, 0.25) is 0 Å². The van der Waals surface area contributed by atoms with Crippen molar-refractivity contribution in [1.29, 1.82) is 0 Å². The molecule has 0 fully saturated rings. The van der Waals surface area contributed by atoms with E-state index >= 15 is 0 Å². The number of amides is 1. The van der Waals surface area contributed by atoms with E-state index < -0.39 is 0 Å². The summed E-state index contributed by atoms with van der Waals surface area (Å²) in [6, 6.07) is 17.8. The number of nitrogens with one attached hydrogen (secondary N) is 2. The number of ether oxygens (including phenoxy) is 1. The number of hydrogen-bond donors (Lipinski definition) is 2. The van der Waals surface area contributed by atoms with Gasteiger partial charge in [-0.05, 0) is 43.7 Å². The maximum Gasteiger partial charge on any atom is 0.230 e. The van der Waals surface area contributed by atoms with Gasteiger partial charge in [0.25, 0.3) is 0 Å². The van der Waals surface area contributed by atoms with Gasteiger partial charge in [-0.15, -0.1) is 5.10 Å². The van der Waals surface area contributed by atoms with E-state index in [1.807, 2.05) is 61.0 Å². The summed E-state index contributed by atoms with van der Waals surface area (Å²) in [5.74, 6) is 1.58. The molecule has 2 aromatic carbocycles. The second-order valence-electron chi connectivity index (χ2n) is 7.55. The highest BCUT2D eigenvalue weighted by Crippen LogP contribution is 2.22. The third-order valence-corrected chi connectivity index (χ3v) is 6.18.